The van der Waals surface area contributed by atoms with Crippen LogP contribution in [0.15, 0.2) is 6.20 Å². The predicted octanol–water partition coefficient (Wildman–Crippen LogP) is 0.425. The molecule has 5 heteroatoms. The van der Waals surface area contributed by atoms with Crippen LogP contribution in [0.2, 0.25) is 0 Å². The van der Waals surface area contributed by atoms with Gasteiger partial charge in [0.05, 0.1) is 19.4 Å². The van der Waals surface area contributed by atoms with Gasteiger partial charge in [0.1, 0.15) is 11.3 Å². The third kappa shape index (κ3) is 1.52. The van der Waals surface area contributed by atoms with Gasteiger partial charge < -0.3 is 14.6 Å². The molecule has 1 aliphatic carbocycles. The van der Waals surface area contributed by atoms with E-state index in [2.05, 4.69) is 5.10 Å². The molecule has 0 bridgehead atoms. The highest BCUT2D eigenvalue weighted by atomic mass is 16.5. The van der Waals surface area contributed by atoms with Crippen LogP contribution in [-0.2, 0) is 17.4 Å². The van der Waals surface area contributed by atoms with Gasteiger partial charge in [-0.2, -0.15) is 5.10 Å². The number of aromatic nitrogens is 2. The van der Waals surface area contributed by atoms with Crippen molar-refractivity contribution in [2.45, 2.75) is 24.5 Å². The molecule has 1 N–H and O–H groups in total. The van der Waals surface area contributed by atoms with Crippen molar-refractivity contribution in [2.75, 3.05) is 14.2 Å². The van der Waals surface area contributed by atoms with Crippen LogP contribution >= 0.6 is 0 Å². The second kappa shape index (κ2) is 3.50. The molecule has 5 nitrogen and oxygen atoms in total. The van der Waals surface area contributed by atoms with Gasteiger partial charge in [-0.05, 0) is 0 Å². The monoisotopic (exact) mass is 212 g/mol. The van der Waals surface area contributed by atoms with Crippen LogP contribution in [-0.4, -0.2) is 35.2 Å². The van der Waals surface area contributed by atoms with Gasteiger partial charge in [0, 0.05) is 27.0 Å². The van der Waals surface area contributed by atoms with E-state index in [1.807, 2.05) is 0 Å². The molecule has 1 heterocycles. The summed E-state index contributed by atoms with van der Waals surface area (Å²) in [5, 5.41) is 14.4. The summed E-state index contributed by atoms with van der Waals surface area (Å²) in [5.74, 6) is 0.634. The molecule has 0 atom stereocenters. The van der Waals surface area contributed by atoms with E-state index in [1.54, 1.807) is 32.1 Å². The quantitative estimate of drug-likeness (QED) is 0.789. The number of rotatable bonds is 3. The molecule has 0 aromatic carbocycles. The molecule has 0 spiro atoms. The Morgan fingerprint density at radius 2 is 2.20 bits per heavy atom. The molecule has 0 aliphatic heterocycles. The van der Waals surface area contributed by atoms with Gasteiger partial charge in [-0.25, -0.2) is 0 Å². The standard InChI is InChI=1S/C10H16N2O3/c1-12-9(8(15-3)6-11-12)10(13)4-7(5-10)14-2/h6-7,13H,4-5H2,1-3H3. The Bertz CT molecular complexity index is 356. The summed E-state index contributed by atoms with van der Waals surface area (Å²) in [5.41, 5.74) is -0.115. The maximum Gasteiger partial charge on any atom is 0.162 e. The predicted molar refractivity (Wildman–Crippen MR) is 53.7 cm³/mol. The van der Waals surface area contributed by atoms with Crippen molar-refractivity contribution < 1.29 is 14.6 Å². The molecule has 15 heavy (non-hydrogen) atoms. The molecule has 1 aromatic rings. The topological polar surface area (TPSA) is 56.5 Å². The number of nitrogens with zero attached hydrogens (tertiary/aromatic N) is 2. The van der Waals surface area contributed by atoms with Crippen LogP contribution in [0.25, 0.3) is 0 Å². The number of methoxy groups -OCH3 is 2. The average molecular weight is 212 g/mol. The molecule has 0 saturated heterocycles. The number of hydrogen-bond acceptors (Lipinski definition) is 4. The minimum Gasteiger partial charge on any atom is -0.493 e. The van der Waals surface area contributed by atoms with E-state index >= 15 is 0 Å². The van der Waals surface area contributed by atoms with Gasteiger partial charge in [-0.15, -0.1) is 0 Å². The lowest BCUT2D eigenvalue weighted by Crippen LogP contribution is -2.46. The van der Waals surface area contributed by atoms with Gasteiger partial charge in [0.2, 0.25) is 0 Å². The van der Waals surface area contributed by atoms with Crippen molar-refractivity contribution in [2.24, 2.45) is 7.05 Å². The summed E-state index contributed by atoms with van der Waals surface area (Å²) in [6.45, 7) is 0. The van der Waals surface area contributed by atoms with Gasteiger partial charge in [-0.3, -0.25) is 4.68 Å². The number of aryl methyl sites for hydroxylation is 1. The first-order chi connectivity index (χ1) is 7.10. The lowest BCUT2D eigenvalue weighted by atomic mass is 9.75. The summed E-state index contributed by atoms with van der Waals surface area (Å²) < 4.78 is 12.0. The van der Waals surface area contributed by atoms with E-state index in [-0.39, 0.29) is 6.10 Å². The van der Waals surface area contributed by atoms with E-state index in [1.165, 1.54) is 0 Å². The Hall–Kier alpha value is -1.07. The second-order valence-electron chi connectivity index (χ2n) is 3.98. The van der Waals surface area contributed by atoms with E-state index in [9.17, 15) is 5.11 Å². The van der Waals surface area contributed by atoms with Gasteiger partial charge >= 0.3 is 0 Å². The van der Waals surface area contributed by atoms with E-state index in [4.69, 9.17) is 9.47 Å². The Labute approximate surface area is 88.6 Å². The van der Waals surface area contributed by atoms with E-state index in [0.717, 1.165) is 5.69 Å². The zero-order valence-corrected chi connectivity index (χ0v) is 9.23. The molecule has 1 saturated carbocycles. The van der Waals surface area contributed by atoms with Crippen LogP contribution in [0.3, 0.4) is 0 Å². The number of ether oxygens (including phenoxy) is 2. The Balaban J connectivity index is 2.26. The normalized spacial score (nSPS) is 30.0. The minimum atomic E-state index is -0.850. The lowest BCUT2D eigenvalue weighted by molar-refractivity contribution is -0.137. The molecule has 1 aromatic heterocycles. The highest BCUT2D eigenvalue weighted by Crippen LogP contribution is 2.45. The van der Waals surface area contributed by atoms with Crippen LogP contribution in [0, 0.1) is 0 Å². The molecule has 84 valence electrons. The molecule has 1 fully saturated rings. The number of hydrogen-bond donors (Lipinski definition) is 1. The fourth-order valence-corrected chi connectivity index (χ4v) is 2.15. The smallest absolute Gasteiger partial charge is 0.162 e. The minimum absolute atomic E-state index is 0.134. The van der Waals surface area contributed by atoms with Crippen LogP contribution in [0.4, 0.5) is 0 Å². The zero-order valence-electron chi connectivity index (χ0n) is 9.23. The SMILES string of the molecule is COc1cnn(C)c1C1(O)CC(OC)C1. The van der Waals surface area contributed by atoms with Crippen LogP contribution in [0.1, 0.15) is 18.5 Å². The third-order valence-electron chi connectivity index (χ3n) is 3.03. The summed E-state index contributed by atoms with van der Waals surface area (Å²) in [7, 11) is 5.04. The summed E-state index contributed by atoms with van der Waals surface area (Å²) >= 11 is 0. The maximum absolute atomic E-state index is 10.3. The molecular formula is C10H16N2O3. The summed E-state index contributed by atoms with van der Waals surface area (Å²) in [6.07, 6.45) is 2.95. The fraction of sp³-hybridized carbons (Fsp3) is 0.700. The second-order valence-corrected chi connectivity index (χ2v) is 3.98. The Kier molecular flexibility index (Phi) is 2.44. The van der Waals surface area contributed by atoms with E-state index in [0.29, 0.717) is 18.6 Å². The number of aliphatic hydroxyl groups is 1. The molecule has 0 unspecified atom stereocenters. The van der Waals surface area contributed by atoms with Crippen molar-refractivity contribution in [1.82, 2.24) is 9.78 Å². The zero-order chi connectivity index (χ0) is 11.1. The highest BCUT2D eigenvalue weighted by Gasteiger charge is 2.48. The van der Waals surface area contributed by atoms with Crippen molar-refractivity contribution >= 4 is 0 Å². The van der Waals surface area contributed by atoms with Crippen molar-refractivity contribution in [3.8, 4) is 5.75 Å². The third-order valence-corrected chi connectivity index (χ3v) is 3.03. The molecule has 0 amide bonds. The summed E-state index contributed by atoms with van der Waals surface area (Å²) in [6, 6.07) is 0. The van der Waals surface area contributed by atoms with Gasteiger partial charge in [-0.1, -0.05) is 0 Å². The first-order valence-corrected chi connectivity index (χ1v) is 4.92. The first-order valence-electron chi connectivity index (χ1n) is 4.92. The largest absolute Gasteiger partial charge is 0.493 e. The molecular weight excluding hydrogens is 196 g/mol. The Morgan fingerprint density at radius 1 is 1.53 bits per heavy atom. The molecule has 2 rings (SSSR count). The highest BCUT2D eigenvalue weighted by molar-refractivity contribution is 5.33. The maximum atomic E-state index is 10.3. The summed E-state index contributed by atoms with van der Waals surface area (Å²) in [4.78, 5) is 0. The molecule has 0 radical (unpaired) electrons. The van der Waals surface area contributed by atoms with Crippen molar-refractivity contribution in [3.63, 3.8) is 0 Å². The average Bonchev–Trinajstić information content (AvgIpc) is 2.55. The first kappa shape index (κ1) is 10.4. The van der Waals surface area contributed by atoms with Crippen LogP contribution < -0.4 is 4.74 Å². The van der Waals surface area contributed by atoms with E-state index < -0.39 is 5.60 Å². The van der Waals surface area contributed by atoms with Crippen molar-refractivity contribution in [1.29, 1.82) is 0 Å². The van der Waals surface area contributed by atoms with Gasteiger partial charge in [0.25, 0.3) is 0 Å². The lowest BCUT2D eigenvalue weighted by Gasteiger charge is -2.42. The fourth-order valence-electron chi connectivity index (χ4n) is 2.15. The Morgan fingerprint density at radius 3 is 2.73 bits per heavy atom. The van der Waals surface area contributed by atoms with Crippen LogP contribution in [0.5, 0.6) is 5.75 Å². The molecule has 1 aliphatic rings. The van der Waals surface area contributed by atoms with Crippen molar-refractivity contribution in [3.05, 3.63) is 11.9 Å². The van der Waals surface area contributed by atoms with Gasteiger partial charge in [0.15, 0.2) is 5.75 Å².